The zero-order valence-electron chi connectivity index (χ0n) is 12.0. The van der Waals surface area contributed by atoms with Crippen LogP contribution in [0.3, 0.4) is 0 Å². The van der Waals surface area contributed by atoms with Crippen LogP contribution in [-0.4, -0.2) is 10.9 Å². The summed E-state index contributed by atoms with van der Waals surface area (Å²) in [4.78, 5) is 16.2. The van der Waals surface area contributed by atoms with Crippen molar-refractivity contribution in [3.05, 3.63) is 58.9 Å². The first-order valence-corrected chi connectivity index (χ1v) is 6.57. The summed E-state index contributed by atoms with van der Waals surface area (Å²) in [5, 5.41) is 2.86. The summed E-state index contributed by atoms with van der Waals surface area (Å²) in [6.45, 7) is 5.84. The molecule has 1 atom stereocenters. The topological polar surface area (TPSA) is 68.0 Å². The molecule has 0 bridgehead atoms. The Kier molecular flexibility index (Phi) is 4.15. The molecule has 1 heterocycles. The highest BCUT2D eigenvalue weighted by atomic mass is 16.1. The number of amides is 1. The quantitative estimate of drug-likeness (QED) is 0.900. The molecule has 0 aliphatic heterocycles. The van der Waals surface area contributed by atoms with Crippen LogP contribution in [0.5, 0.6) is 0 Å². The Labute approximate surface area is 119 Å². The number of hydrogen-bond acceptors (Lipinski definition) is 3. The molecule has 1 aromatic carbocycles. The molecule has 1 aromatic heterocycles. The van der Waals surface area contributed by atoms with Gasteiger partial charge in [0.05, 0.1) is 0 Å². The van der Waals surface area contributed by atoms with E-state index in [4.69, 9.17) is 5.73 Å². The van der Waals surface area contributed by atoms with Gasteiger partial charge in [0.2, 0.25) is 0 Å². The normalized spacial score (nSPS) is 12.0. The van der Waals surface area contributed by atoms with E-state index in [1.165, 1.54) is 0 Å². The van der Waals surface area contributed by atoms with Gasteiger partial charge in [0.15, 0.2) is 0 Å². The summed E-state index contributed by atoms with van der Waals surface area (Å²) in [5.74, 6) is -0.118. The molecule has 0 saturated heterocycles. The van der Waals surface area contributed by atoms with Crippen molar-refractivity contribution in [2.45, 2.75) is 26.8 Å². The lowest BCUT2D eigenvalue weighted by atomic mass is 9.96. The number of benzene rings is 1. The first-order valence-electron chi connectivity index (χ1n) is 6.57. The Morgan fingerprint density at radius 2 is 1.85 bits per heavy atom. The fraction of sp³-hybridized carbons (Fsp3) is 0.250. The zero-order chi connectivity index (χ0) is 14.7. The summed E-state index contributed by atoms with van der Waals surface area (Å²) < 4.78 is 0. The van der Waals surface area contributed by atoms with Crippen molar-refractivity contribution in [2.75, 3.05) is 5.32 Å². The molecule has 0 radical (unpaired) electrons. The largest absolute Gasteiger partial charge is 0.324 e. The third-order valence-corrected chi connectivity index (χ3v) is 3.29. The molecule has 0 aliphatic rings. The summed E-state index contributed by atoms with van der Waals surface area (Å²) in [6, 6.07) is 7.37. The van der Waals surface area contributed by atoms with Crippen molar-refractivity contribution >= 4 is 11.6 Å². The lowest BCUT2D eigenvalue weighted by Crippen LogP contribution is -2.15. The van der Waals surface area contributed by atoms with E-state index in [2.05, 4.69) is 10.3 Å². The van der Waals surface area contributed by atoms with Crippen molar-refractivity contribution in [1.29, 1.82) is 0 Å². The zero-order valence-corrected chi connectivity index (χ0v) is 12.0. The summed E-state index contributed by atoms with van der Waals surface area (Å²) in [5.41, 5.74) is 10.4. The van der Waals surface area contributed by atoms with Gasteiger partial charge in [-0.15, -0.1) is 0 Å². The van der Waals surface area contributed by atoms with Gasteiger partial charge in [-0.3, -0.25) is 9.78 Å². The Bertz CT molecular complexity index is 621. The minimum absolute atomic E-state index is 0.0361. The van der Waals surface area contributed by atoms with Crippen LogP contribution in [0.25, 0.3) is 0 Å². The molecule has 1 amide bonds. The Morgan fingerprint density at radius 3 is 2.45 bits per heavy atom. The first kappa shape index (κ1) is 14.2. The average molecular weight is 269 g/mol. The molecule has 1 unspecified atom stereocenters. The highest BCUT2D eigenvalue weighted by Crippen LogP contribution is 2.21. The molecule has 0 saturated carbocycles. The predicted molar refractivity (Wildman–Crippen MR) is 80.7 cm³/mol. The van der Waals surface area contributed by atoms with Gasteiger partial charge in [-0.05, 0) is 55.7 Å². The van der Waals surface area contributed by atoms with Crippen LogP contribution in [0.4, 0.5) is 5.69 Å². The average Bonchev–Trinajstić information content (AvgIpc) is 2.41. The van der Waals surface area contributed by atoms with E-state index in [9.17, 15) is 4.79 Å². The molecule has 20 heavy (non-hydrogen) atoms. The monoisotopic (exact) mass is 269 g/mol. The number of aromatic nitrogens is 1. The van der Waals surface area contributed by atoms with Crippen LogP contribution in [0.2, 0.25) is 0 Å². The van der Waals surface area contributed by atoms with E-state index in [-0.39, 0.29) is 11.9 Å². The van der Waals surface area contributed by atoms with E-state index >= 15 is 0 Å². The minimum Gasteiger partial charge on any atom is -0.324 e. The van der Waals surface area contributed by atoms with Gasteiger partial charge in [0.25, 0.3) is 5.91 Å². The second kappa shape index (κ2) is 5.84. The molecule has 2 rings (SSSR count). The molecular formula is C16H19N3O. The number of aryl methyl sites for hydroxylation is 2. The van der Waals surface area contributed by atoms with Crippen molar-refractivity contribution in [3.63, 3.8) is 0 Å². The highest BCUT2D eigenvalue weighted by molar-refractivity contribution is 6.05. The van der Waals surface area contributed by atoms with E-state index in [1.807, 2.05) is 32.9 Å². The lowest BCUT2D eigenvalue weighted by molar-refractivity contribution is 0.102. The molecule has 4 heteroatoms. The van der Waals surface area contributed by atoms with Crippen molar-refractivity contribution in [2.24, 2.45) is 5.73 Å². The number of hydrogen-bond donors (Lipinski definition) is 2. The molecular weight excluding hydrogens is 250 g/mol. The van der Waals surface area contributed by atoms with Crippen molar-refractivity contribution in [1.82, 2.24) is 4.98 Å². The first-order chi connectivity index (χ1) is 9.49. The molecule has 2 aromatic rings. The fourth-order valence-electron chi connectivity index (χ4n) is 2.21. The number of pyridine rings is 1. The van der Waals surface area contributed by atoms with Gasteiger partial charge >= 0.3 is 0 Å². The Hall–Kier alpha value is -2.20. The second-order valence-electron chi connectivity index (χ2n) is 5.00. The van der Waals surface area contributed by atoms with Gasteiger partial charge in [0, 0.05) is 29.7 Å². The maximum absolute atomic E-state index is 12.3. The van der Waals surface area contributed by atoms with Crippen LogP contribution in [-0.2, 0) is 0 Å². The SMILES string of the molecule is Cc1cc(C(C)N)c(C)cc1C(=O)Nc1ccncc1. The van der Waals surface area contributed by atoms with Crippen LogP contribution >= 0.6 is 0 Å². The van der Waals surface area contributed by atoms with E-state index in [0.29, 0.717) is 5.56 Å². The van der Waals surface area contributed by atoms with Crippen molar-refractivity contribution < 1.29 is 4.79 Å². The minimum atomic E-state index is -0.118. The van der Waals surface area contributed by atoms with Gasteiger partial charge in [-0.2, -0.15) is 0 Å². The van der Waals surface area contributed by atoms with Crippen LogP contribution in [0.1, 0.15) is 40.0 Å². The molecule has 3 N–H and O–H groups in total. The lowest BCUT2D eigenvalue weighted by Gasteiger charge is -2.14. The van der Waals surface area contributed by atoms with Gasteiger partial charge < -0.3 is 11.1 Å². The number of nitrogens with one attached hydrogen (secondary N) is 1. The maximum Gasteiger partial charge on any atom is 0.255 e. The number of carbonyl (C=O) groups excluding carboxylic acids is 1. The molecule has 4 nitrogen and oxygen atoms in total. The van der Waals surface area contributed by atoms with Gasteiger partial charge in [-0.25, -0.2) is 0 Å². The molecule has 0 fully saturated rings. The van der Waals surface area contributed by atoms with Gasteiger partial charge in [-0.1, -0.05) is 6.07 Å². The third-order valence-electron chi connectivity index (χ3n) is 3.29. The number of carbonyl (C=O) groups is 1. The fourth-order valence-corrected chi connectivity index (χ4v) is 2.21. The molecule has 0 aliphatic carbocycles. The predicted octanol–water partition coefficient (Wildman–Crippen LogP) is 2.97. The third kappa shape index (κ3) is 3.03. The highest BCUT2D eigenvalue weighted by Gasteiger charge is 2.13. The Balaban J connectivity index is 2.29. The summed E-state index contributed by atoms with van der Waals surface area (Å²) in [6.07, 6.45) is 3.29. The summed E-state index contributed by atoms with van der Waals surface area (Å²) >= 11 is 0. The number of rotatable bonds is 3. The Morgan fingerprint density at radius 1 is 1.20 bits per heavy atom. The van der Waals surface area contributed by atoms with E-state index in [1.54, 1.807) is 24.5 Å². The number of nitrogens with two attached hydrogens (primary N) is 1. The van der Waals surface area contributed by atoms with Gasteiger partial charge in [0.1, 0.15) is 0 Å². The van der Waals surface area contributed by atoms with Crippen LogP contribution in [0, 0.1) is 13.8 Å². The molecule has 0 spiro atoms. The second-order valence-corrected chi connectivity index (χ2v) is 5.00. The van der Waals surface area contributed by atoms with Crippen LogP contribution in [0.15, 0.2) is 36.7 Å². The van der Waals surface area contributed by atoms with E-state index in [0.717, 1.165) is 22.4 Å². The number of anilines is 1. The van der Waals surface area contributed by atoms with Crippen molar-refractivity contribution in [3.8, 4) is 0 Å². The van der Waals surface area contributed by atoms with Crippen LogP contribution < -0.4 is 11.1 Å². The molecule has 104 valence electrons. The summed E-state index contributed by atoms with van der Waals surface area (Å²) in [7, 11) is 0. The van der Waals surface area contributed by atoms with E-state index < -0.39 is 0 Å². The smallest absolute Gasteiger partial charge is 0.255 e. The number of nitrogens with zero attached hydrogens (tertiary/aromatic N) is 1. The maximum atomic E-state index is 12.3. The standard InChI is InChI=1S/C16H19N3O/c1-10-9-15(11(2)8-14(10)12(3)17)16(20)19-13-4-6-18-7-5-13/h4-9,12H,17H2,1-3H3,(H,18,19,20).